The molecule has 5 rings (SSSR count). The first-order valence-corrected chi connectivity index (χ1v) is 11.5. The lowest BCUT2D eigenvalue weighted by Crippen LogP contribution is -2.49. The predicted molar refractivity (Wildman–Crippen MR) is 113 cm³/mol. The number of ether oxygens (including phenoxy) is 2. The summed E-state index contributed by atoms with van der Waals surface area (Å²) in [6, 6.07) is 6.40. The van der Waals surface area contributed by atoms with Crippen LogP contribution in [0.15, 0.2) is 23.6 Å². The summed E-state index contributed by atoms with van der Waals surface area (Å²) in [6.07, 6.45) is 3.15. The van der Waals surface area contributed by atoms with Gasteiger partial charge in [-0.05, 0) is 43.0 Å². The minimum atomic E-state index is -0.212. The maximum absolute atomic E-state index is 13.0. The molecule has 0 saturated carbocycles. The Kier molecular flexibility index (Phi) is 5.10. The summed E-state index contributed by atoms with van der Waals surface area (Å²) in [5, 5.41) is 2.70. The fraction of sp³-hybridized carbons (Fsp3) is 0.500. The van der Waals surface area contributed by atoms with E-state index in [4.69, 9.17) is 9.47 Å². The molecule has 0 spiro atoms. The molecule has 3 aliphatic rings. The molecular formula is C22H25N3O4S. The number of carbonyl (C=O) groups is 2. The Morgan fingerprint density at radius 1 is 1.27 bits per heavy atom. The minimum absolute atomic E-state index is 0.0310. The van der Waals surface area contributed by atoms with Crippen molar-refractivity contribution in [3.63, 3.8) is 0 Å². The van der Waals surface area contributed by atoms with E-state index < -0.39 is 0 Å². The number of likely N-dealkylation sites (tertiary alicyclic amines) is 1. The molecule has 1 atom stereocenters. The van der Waals surface area contributed by atoms with Gasteiger partial charge >= 0.3 is 6.09 Å². The lowest BCUT2D eigenvalue weighted by Gasteiger charge is -2.37. The van der Waals surface area contributed by atoms with Crippen LogP contribution in [0.25, 0.3) is 10.6 Å². The van der Waals surface area contributed by atoms with Crippen molar-refractivity contribution in [3.05, 3.63) is 34.8 Å². The Hall–Kier alpha value is -2.61. The van der Waals surface area contributed by atoms with E-state index in [0.29, 0.717) is 25.4 Å². The number of thiazole rings is 1. The van der Waals surface area contributed by atoms with E-state index in [0.717, 1.165) is 48.6 Å². The van der Waals surface area contributed by atoms with E-state index in [1.54, 1.807) is 0 Å². The Morgan fingerprint density at radius 3 is 2.90 bits per heavy atom. The third kappa shape index (κ3) is 3.43. The number of aromatic nitrogens is 1. The van der Waals surface area contributed by atoms with Crippen molar-refractivity contribution >= 4 is 23.3 Å². The van der Waals surface area contributed by atoms with Gasteiger partial charge in [0.15, 0.2) is 0 Å². The van der Waals surface area contributed by atoms with Crippen LogP contribution in [0.1, 0.15) is 42.2 Å². The summed E-state index contributed by atoms with van der Waals surface area (Å²) in [4.78, 5) is 33.4. The zero-order chi connectivity index (χ0) is 20.7. The van der Waals surface area contributed by atoms with Gasteiger partial charge in [-0.2, -0.15) is 0 Å². The highest BCUT2D eigenvalue weighted by molar-refractivity contribution is 7.13. The molecule has 8 heteroatoms. The summed E-state index contributed by atoms with van der Waals surface area (Å²) in [6.45, 7) is 4.54. The quantitative estimate of drug-likeness (QED) is 0.746. The largest absolute Gasteiger partial charge is 0.493 e. The molecule has 7 nitrogen and oxygen atoms in total. The third-order valence-electron chi connectivity index (χ3n) is 6.28. The lowest BCUT2D eigenvalue weighted by molar-refractivity contribution is 0.0631. The van der Waals surface area contributed by atoms with Gasteiger partial charge in [0.2, 0.25) is 0 Å². The molecule has 4 heterocycles. The average Bonchev–Trinajstić information content (AvgIpc) is 3.52. The number of cyclic esters (lactones) is 1. The standard InChI is InChI=1S/C22H25N3O4S/c1-2-16-12-29-22(27)25(16)17-5-8-24(9-6-17)21(26)18-13-30-20(23-18)15-3-4-19-14(11-15)7-10-28-19/h3-4,11,13,16-17H,2,5-10,12H2,1H3. The molecule has 0 radical (unpaired) electrons. The van der Waals surface area contributed by atoms with Gasteiger partial charge in [-0.15, -0.1) is 11.3 Å². The van der Waals surface area contributed by atoms with Crippen LogP contribution in [0.3, 0.4) is 0 Å². The van der Waals surface area contributed by atoms with Gasteiger partial charge in [-0.3, -0.25) is 9.69 Å². The second-order valence-electron chi connectivity index (χ2n) is 8.03. The smallest absolute Gasteiger partial charge is 0.410 e. The molecule has 0 aliphatic carbocycles. The van der Waals surface area contributed by atoms with Gasteiger partial charge in [0.05, 0.1) is 12.6 Å². The molecule has 2 saturated heterocycles. The number of piperidine rings is 1. The van der Waals surface area contributed by atoms with Gasteiger partial charge in [-0.1, -0.05) is 6.92 Å². The molecule has 158 valence electrons. The fourth-order valence-corrected chi connectivity index (χ4v) is 5.36. The zero-order valence-electron chi connectivity index (χ0n) is 17.0. The molecule has 30 heavy (non-hydrogen) atoms. The minimum Gasteiger partial charge on any atom is -0.493 e. The number of carbonyl (C=O) groups excluding carboxylic acids is 2. The molecule has 2 aromatic rings. The SMILES string of the molecule is CCC1COC(=O)N1C1CCN(C(=O)c2csc(-c3ccc4c(c3)CCO4)n2)CC1. The molecule has 1 unspecified atom stereocenters. The highest BCUT2D eigenvalue weighted by Gasteiger charge is 2.39. The second kappa shape index (κ2) is 7.91. The van der Waals surface area contributed by atoms with Crippen molar-refractivity contribution in [2.24, 2.45) is 0 Å². The summed E-state index contributed by atoms with van der Waals surface area (Å²) in [7, 11) is 0. The number of nitrogens with zero attached hydrogens (tertiary/aromatic N) is 3. The van der Waals surface area contributed by atoms with Crippen LogP contribution >= 0.6 is 11.3 Å². The van der Waals surface area contributed by atoms with Crippen molar-refractivity contribution in [1.29, 1.82) is 0 Å². The van der Waals surface area contributed by atoms with E-state index in [1.165, 1.54) is 16.9 Å². The first-order valence-electron chi connectivity index (χ1n) is 10.6. The van der Waals surface area contributed by atoms with Crippen LogP contribution in [0.2, 0.25) is 0 Å². The predicted octanol–water partition coefficient (Wildman–Crippen LogP) is 3.58. The van der Waals surface area contributed by atoms with Crippen molar-refractivity contribution in [3.8, 4) is 16.3 Å². The van der Waals surface area contributed by atoms with Crippen LogP contribution in [0.5, 0.6) is 5.75 Å². The fourth-order valence-electron chi connectivity index (χ4n) is 4.57. The average molecular weight is 428 g/mol. The Bertz CT molecular complexity index is 967. The van der Waals surface area contributed by atoms with Gasteiger partial charge in [-0.25, -0.2) is 9.78 Å². The third-order valence-corrected chi connectivity index (χ3v) is 7.17. The molecule has 0 N–H and O–H groups in total. The van der Waals surface area contributed by atoms with Crippen molar-refractivity contribution in [2.45, 2.75) is 44.7 Å². The van der Waals surface area contributed by atoms with Gasteiger partial charge in [0.25, 0.3) is 5.91 Å². The molecule has 1 aromatic carbocycles. The summed E-state index contributed by atoms with van der Waals surface area (Å²) >= 11 is 1.50. The second-order valence-corrected chi connectivity index (χ2v) is 8.89. The molecular weight excluding hydrogens is 402 g/mol. The van der Waals surface area contributed by atoms with Crippen LogP contribution in [0, 0.1) is 0 Å². The molecule has 3 aliphatic heterocycles. The Balaban J connectivity index is 1.24. The van der Waals surface area contributed by atoms with E-state index in [1.807, 2.05) is 27.3 Å². The zero-order valence-corrected chi connectivity index (χ0v) is 17.8. The maximum atomic E-state index is 13.0. The number of benzene rings is 1. The van der Waals surface area contributed by atoms with Crippen LogP contribution < -0.4 is 4.74 Å². The molecule has 2 fully saturated rings. The lowest BCUT2D eigenvalue weighted by atomic mass is 10.0. The topological polar surface area (TPSA) is 72.0 Å². The van der Waals surface area contributed by atoms with Crippen molar-refractivity contribution in [2.75, 3.05) is 26.3 Å². The molecule has 2 amide bonds. The van der Waals surface area contributed by atoms with Crippen LogP contribution in [0.4, 0.5) is 4.79 Å². The maximum Gasteiger partial charge on any atom is 0.410 e. The van der Waals surface area contributed by atoms with Crippen LogP contribution in [-0.4, -0.2) is 65.2 Å². The normalized spacial score (nSPS) is 21.5. The van der Waals surface area contributed by atoms with E-state index in [-0.39, 0.29) is 24.1 Å². The van der Waals surface area contributed by atoms with E-state index in [9.17, 15) is 9.59 Å². The monoisotopic (exact) mass is 427 g/mol. The van der Waals surface area contributed by atoms with E-state index in [2.05, 4.69) is 18.0 Å². The number of hydrogen-bond acceptors (Lipinski definition) is 6. The first-order chi connectivity index (χ1) is 14.6. The Labute approximate surface area is 179 Å². The number of fused-ring (bicyclic) bond motifs is 1. The van der Waals surface area contributed by atoms with E-state index >= 15 is 0 Å². The van der Waals surface area contributed by atoms with Crippen LogP contribution in [-0.2, 0) is 11.2 Å². The van der Waals surface area contributed by atoms with Crippen molar-refractivity contribution in [1.82, 2.24) is 14.8 Å². The molecule has 0 bridgehead atoms. The summed E-state index contributed by atoms with van der Waals surface area (Å²) in [5.41, 5.74) is 2.72. The van der Waals surface area contributed by atoms with Gasteiger partial charge < -0.3 is 14.4 Å². The highest BCUT2D eigenvalue weighted by atomic mass is 32.1. The Morgan fingerprint density at radius 2 is 2.10 bits per heavy atom. The van der Waals surface area contributed by atoms with Crippen molar-refractivity contribution < 1.29 is 19.1 Å². The first kappa shape index (κ1) is 19.4. The number of rotatable bonds is 4. The molecule has 1 aromatic heterocycles. The highest BCUT2D eigenvalue weighted by Crippen LogP contribution is 2.32. The summed E-state index contributed by atoms with van der Waals surface area (Å²) in [5.74, 6) is 0.915. The van der Waals surface area contributed by atoms with Gasteiger partial charge in [0.1, 0.15) is 23.1 Å². The number of amides is 2. The summed E-state index contributed by atoms with van der Waals surface area (Å²) < 4.78 is 10.8. The van der Waals surface area contributed by atoms with Gasteiger partial charge in [0, 0.05) is 36.5 Å². The number of hydrogen-bond donors (Lipinski definition) is 0.